The first-order chi connectivity index (χ1) is 13.7. The molecule has 0 saturated carbocycles. The van der Waals surface area contributed by atoms with E-state index in [4.69, 9.17) is 16.6 Å². The molecule has 1 fully saturated rings. The van der Waals surface area contributed by atoms with Gasteiger partial charge >= 0.3 is 11.9 Å². The number of unbranched alkanes of at least 4 members (excludes halogenated alkanes) is 1. The number of thiocarbonyl (C=S) groups is 1. The van der Waals surface area contributed by atoms with Gasteiger partial charge in [0, 0.05) is 12.8 Å². The number of furan rings is 1. The van der Waals surface area contributed by atoms with Gasteiger partial charge in [0.1, 0.15) is 10.7 Å². The van der Waals surface area contributed by atoms with Gasteiger partial charge in [0.25, 0.3) is 0 Å². The molecule has 0 radical (unpaired) electrons. The number of hydrazone groups is 1. The second-order valence-corrected chi connectivity index (χ2v) is 8.96. The van der Waals surface area contributed by atoms with Crippen LogP contribution in [0.3, 0.4) is 0 Å². The van der Waals surface area contributed by atoms with Crippen LogP contribution in [0.1, 0.15) is 39.4 Å². The van der Waals surface area contributed by atoms with Crippen molar-refractivity contribution in [1.29, 1.82) is 0 Å². The van der Waals surface area contributed by atoms with E-state index in [9.17, 15) is 20.1 Å². The molecule has 0 aliphatic carbocycles. The number of rotatable bonds is 8. The second kappa shape index (κ2) is 9.85. The molecule has 1 aliphatic rings. The van der Waals surface area contributed by atoms with Crippen LogP contribution in [-0.2, 0) is 0 Å². The van der Waals surface area contributed by atoms with Crippen LogP contribution in [0.2, 0.25) is 0 Å². The quantitative estimate of drug-likeness (QED) is 0.156. The van der Waals surface area contributed by atoms with E-state index in [0.29, 0.717) is 15.9 Å². The van der Waals surface area contributed by atoms with Crippen molar-refractivity contribution in [2.45, 2.75) is 44.5 Å². The summed E-state index contributed by atoms with van der Waals surface area (Å²) in [5.41, 5.74) is 0. The molecule has 1 aliphatic heterocycles. The average molecular weight is 442 g/mol. The zero-order valence-corrected chi connectivity index (χ0v) is 17.9. The van der Waals surface area contributed by atoms with Crippen molar-refractivity contribution in [2.24, 2.45) is 5.10 Å². The SMILES string of the molecule is CCCCNC(=O)N(O)C1N(/N=C/C=C/c2ccc([N+](=O)[O-])o2)C(=S)SC1(C)C. The number of nitrogens with one attached hydrogen (secondary N) is 1. The number of allylic oxidation sites excluding steroid dienone is 1. The predicted molar refractivity (Wildman–Crippen MR) is 115 cm³/mol. The van der Waals surface area contributed by atoms with E-state index >= 15 is 0 Å². The Hall–Kier alpha value is -2.44. The predicted octanol–water partition coefficient (Wildman–Crippen LogP) is 3.83. The van der Waals surface area contributed by atoms with Crippen molar-refractivity contribution in [2.75, 3.05) is 6.54 Å². The molecule has 158 valence electrons. The topological polar surface area (TPSA) is 124 Å². The first-order valence-corrected chi connectivity index (χ1v) is 10.1. The standard InChI is InChI=1S/C17H23N5O5S2/c1-4-5-10-18-15(23)21(24)14-17(2,3)29-16(28)20(14)19-11-6-7-12-8-9-13(27-12)22(25)26/h6-9,11,14,24H,4-5,10H2,1-3H3,(H,18,23)/b7-6+,19-11+. The van der Waals surface area contributed by atoms with Crippen LogP contribution in [-0.4, -0.2) is 54.2 Å². The van der Waals surface area contributed by atoms with Gasteiger partial charge in [-0.15, -0.1) is 0 Å². The van der Waals surface area contributed by atoms with Crippen molar-refractivity contribution in [1.82, 2.24) is 15.4 Å². The molecule has 1 unspecified atom stereocenters. The summed E-state index contributed by atoms with van der Waals surface area (Å²) in [6.07, 6.45) is 5.33. The Kier molecular flexibility index (Phi) is 7.76. The van der Waals surface area contributed by atoms with E-state index in [0.717, 1.165) is 12.8 Å². The number of carbonyl (C=O) groups is 1. The lowest BCUT2D eigenvalue weighted by molar-refractivity contribution is -0.402. The lowest BCUT2D eigenvalue weighted by Crippen LogP contribution is -2.55. The van der Waals surface area contributed by atoms with Crippen molar-refractivity contribution in [3.63, 3.8) is 0 Å². The molecule has 1 aromatic rings. The first-order valence-electron chi connectivity index (χ1n) is 8.90. The number of hydrogen-bond donors (Lipinski definition) is 2. The van der Waals surface area contributed by atoms with Crippen molar-refractivity contribution >= 4 is 52.5 Å². The van der Waals surface area contributed by atoms with Crippen LogP contribution in [0.4, 0.5) is 10.7 Å². The van der Waals surface area contributed by atoms with Gasteiger partial charge in [-0.2, -0.15) is 10.2 Å². The summed E-state index contributed by atoms with van der Waals surface area (Å²) in [4.78, 5) is 22.3. The molecule has 0 aromatic carbocycles. The maximum absolute atomic E-state index is 12.3. The van der Waals surface area contributed by atoms with Gasteiger partial charge in [-0.25, -0.2) is 9.80 Å². The summed E-state index contributed by atoms with van der Waals surface area (Å²) in [7, 11) is 0. The molecule has 1 aromatic heterocycles. The third-order valence-electron chi connectivity index (χ3n) is 3.97. The zero-order valence-electron chi connectivity index (χ0n) is 16.3. The third kappa shape index (κ3) is 5.78. The van der Waals surface area contributed by atoms with Crippen LogP contribution in [0.15, 0.2) is 27.7 Å². The summed E-state index contributed by atoms with van der Waals surface area (Å²) in [5.74, 6) is -0.0666. The first kappa shape index (κ1) is 22.8. The van der Waals surface area contributed by atoms with E-state index in [1.807, 2.05) is 20.8 Å². The molecule has 1 atom stereocenters. The molecular weight excluding hydrogens is 418 g/mol. The van der Waals surface area contributed by atoms with Crippen molar-refractivity contribution < 1.29 is 19.3 Å². The van der Waals surface area contributed by atoms with Crippen LogP contribution in [0.25, 0.3) is 6.08 Å². The van der Waals surface area contributed by atoms with Gasteiger partial charge in [0.05, 0.1) is 10.8 Å². The normalized spacial score (nSPS) is 18.7. The number of thioether (sulfide) groups is 1. The Morgan fingerprint density at radius 3 is 2.93 bits per heavy atom. The van der Waals surface area contributed by atoms with E-state index in [-0.39, 0.29) is 11.6 Å². The summed E-state index contributed by atoms with van der Waals surface area (Å²) in [5, 5.41) is 30.0. The molecule has 2 amide bonds. The monoisotopic (exact) mass is 441 g/mol. The Balaban J connectivity index is 2.10. The molecule has 2 N–H and O–H groups in total. The summed E-state index contributed by atoms with van der Waals surface area (Å²) in [6, 6.07) is 2.09. The minimum atomic E-state index is -0.809. The number of hydroxylamine groups is 2. The maximum atomic E-state index is 12.3. The lowest BCUT2D eigenvalue weighted by atomic mass is 10.1. The van der Waals surface area contributed by atoms with Crippen LogP contribution >= 0.6 is 24.0 Å². The van der Waals surface area contributed by atoms with Crippen molar-refractivity contribution in [3.05, 3.63) is 34.1 Å². The van der Waals surface area contributed by atoms with Crippen molar-refractivity contribution in [3.8, 4) is 0 Å². The third-order valence-corrected chi connectivity index (χ3v) is 5.50. The molecule has 2 heterocycles. The smallest absolute Gasteiger partial charge is 0.401 e. The highest BCUT2D eigenvalue weighted by Gasteiger charge is 2.49. The number of hydrogen-bond acceptors (Lipinski definition) is 8. The van der Waals surface area contributed by atoms with Crippen LogP contribution < -0.4 is 5.32 Å². The Bertz CT molecular complexity index is 823. The minimum Gasteiger partial charge on any atom is -0.401 e. The highest BCUT2D eigenvalue weighted by atomic mass is 32.2. The summed E-state index contributed by atoms with van der Waals surface area (Å²) in [6.45, 7) is 6.16. The van der Waals surface area contributed by atoms with E-state index in [2.05, 4.69) is 10.4 Å². The van der Waals surface area contributed by atoms with Gasteiger partial charge in [0.2, 0.25) is 0 Å². The van der Waals surface area contributed by atoms with E-state index in [1.165, 1.54) is 47.3 Å². The average Bonchev–Trinajstić information content (AvgIpc) is 3.20. The second-order valence-electron chi connectivity index (χ2n) is 6.68. The fourth-order valence-electron chi connectivity index (χ4n) is 2.57. The molecule has 0 spiro atoms. The lowest BCUT2D eigenvalue weighted by Gasteiger charge is -2.34. The summed E-state index contributed by atoms with van der Waals surface area (Å²) < 4.78 is 4.82. The summed E-state index contributed by atoms with van der Waals surface area (Å²) >= 11 is 6.66. The number of amides is 2. The zero-order chi connectivity index (χ0) is 21.6. The van der Waals surface area contributed by atoms with Crippen LogP contribution in [0, 0.1) is 10.1 Å². The van der Waals surface area contributed by atoms with E-state index in [1.54, 1.807) is 0 Å². The minimum absolute atomic E-state index is 0.289. The van der Waals surface area contributed by atoms with Gasteiger partial charge in [-0.05, 0) is 38.5 Å². The fourth-order valence-corrected chi connectivity index (χ4v) is 4.36. The van der Waals surface area contributed by atoms with E-state index < -0.39 is 21.9 Å². The fraction of sp³-hybridized carbons (Fsp3) is 0.471. The number of nitro groups is 1. The molecule has 0 bridgehead atoms. The Morgan fingerprint density at radius 2 is 2.31 bits per heavy atom. The number of carbonyl (C=O) groups excluding carboxylic acids is 1. The Morgan fingerprint density at radius 1 is 1.59 bits per heavy atom. The van der Waals surface area contributed by atoms with Gasteiger partial charge < -0.3 is 9.73 Å². The largest absolute Gasteiger partial charge is 0.433 e. The Labute approximate surface area is 177 Å². The highest BCUT2D eigenvalue weighted by Crippen LogP contribution is 2.42. The number of urea groups is 1. The maximum Gasteiger partial charge on any atom is 0.433 e. The number of nitrogens with zero attached hydrogens (tertiary/aromatic N) is 4. The van der Waals surface area contributed by atoms with Gasteiger partial charge in [0.15, 0.2) is 10.5 Å². The molecule has 10 nitrogen and oxygen atoms in total. The van der Waals surface area contributed by atoms with Gasteiger partial charge in [-0.3, -0.25) is 15.3 Å². The molecular formula is C17H23N5O5S2. The molecule has 1 saturated heterocycles. The van der Waals surface area contributed by atoms with Gasteiger partial charge in [-0.1, -0.05) is 37.3 Å². The molecule has 12 heteroatoms. The molecule has 2 rings (SSSR count). The highest BCUT2D eigenvalue weighted by molar-refractivity contribution is 8.24. The molecule has 29 heavy (non-hydrogen) atoms. The van der Waals surface area contributed by atoms with Crippen LogP contribution in [0.5, 0.6) is 0 Å².